The van der Waals surface area contributed by atoms with E-state index < -0.39 is 0 Å². The van der Waals surface area contributed by atoms with Crippen LogP contribution in [0.4, 0.5) is 4.39 Å². The van der Waals surface area contributed by atoms with Crippen LogP contribution in [0.3, 0.4) is 0 Å². The van der Waals surface area contributed by atoms with Gasteiger partial charge >= 0.3 is 0 Å². The van der Waals surface area contributed by atoms with Gasteiger partial charge in [-0.1, -0.05) is 19.9 Å². The molecule has 1 aliphatic rings. The molecule has 0 radical (unpaired) electrons. The number of hydrogen-bond acceptors (Lipinski definition) is 3. The van der Waals surface area contributed by atoms with Crippen molar-refractivity contribution in [3.63, 3.8) is 0 Å². The SMILES string of the molecule is CC(C)CNCc1ccc(OCCN2CCCC2)c(F)c1. The van der Waals surface area contributed by atoms with Crippen LogP contribution in [0, 0.1) is 11.7 Å². The second kappa shape index (κ2) is 8.35. The first kappa shape index (κ1) is 16.2. The molecule has 1 fully saturated rings. The van der Waals surface area contributed by atoms with Crippen molar-refractivity contribution in [2.45, 2.75) is 33.2 Å². The molecular weight excluding hydrogens is 267 g/mol. The lowest BCUT2D eigenvalue weighted by molar-refractivity contribution is 0.231. The van der Waals surface area contributed by atoms with Crippen LogP contribution >= 0.6 is 0 Å². The van der Waals surface area contributed by atoms with Crippen molar-refractivity contribution >= 4 is 0 Å². The van der Waals surface area contributed by atoms with Gasteiger partial charge in [0.1, 0.15) is 6.61 Å². The van der Waals surface area contributed by atoms with Gasteiger partial charge in [0.2, 0.25) is 0 Å². The van der Waals surface area contributed by atoms with Gasteiger partial charge in [-0.05, 0) is 56.1 Å². The van der Waals surface area contributed by atoms with Crippen LogP contribution in [0.15, 0.2) is 18.2 Å². The van der Waals surface area contributed by atoms with Crippen LogP contribution in [-0.2, 0) is 6.54 Å². The molecule has 4 heteroatoms. The van der Waals surface area contributed by atoms with Crippen LogP contribution in [0.2, 0.25) is 0 Å². The summed E-state index contributed by atoms with van der Waals surface area (Å²) in [5.74, 6) is 0.699. The highest BCUT2D eigenvalue weighted by Gasteiger charge is 2.11. The molecule has 0 amide bonds. The van der Waals surface area contributed by atoms with Crippen molar-refractivity contribution in [3.8, 4) is 5.75 Å². The molecule has 1 aliphatic heterocycles. The van der Waals surface area contributed by atoms with E-state index in [-0.39, 0.29) is 5.82 Å². The van der Waals surface area contributed by atoms with Crippen LogP contribution in [0.5, 0.6) is 5.75 Å². The monoisotopic (exact) mass is 294 g/mol. The van der Waals surface area contributed by atoms with Crippen molar-refractivity contribution in [1.29, 1.82) is 0 Å². The third-order valence-electron chi connectivity index (χ3n) is 3.74. The van der Waals surface area contributed by atoms with E-state index in [2.05, 4.69) is 24.1 Å². The van der Waals surface area contributed by atoms with Crippen molar-refractivity contribution in [2.24, 2.45) is 5.92 Å². The Bertz CT molecular complexity index is 431. The summed E-state index contributed by atoms with van der Waals surface area (Å²) in [6, 6.07) is 5.24. The minimum atomic E-state index is -0.264. The minimum Gasteiger partial charge on any atom is -0.489 e. The summed E-state index contributed by atoms with van der Waals surface area (Å²) in [4.78, 5) is 2.36. The normalized spacial score (nSPS) is 15.8. The lowest BCUT2D eigenvalue weighted by atomic mass is 10.2. The average Bonchev–Trinajstić information content (AvgIpc) is 2.94. The van der Waals surface area contributed by atoms with Gasteiger partial charge in [-0.3, -0.25) is 4.90 Å². The van der Waals surface area contributed by atoms with Gasteiger partial charge in [-0.25, -0.2) is 4.39 Å². The van der Waals surface area contributed by atoms with E-state index in [1.165, 1.54) is 12.8 Å². The summed E-state index contributed by atoms with van der Waals surface area (Å²) < 4.78 is 19.5. The molecule has 0 unspecified atom stereocenters. The Kier molecular flexibility index (Phi) is 6.46. The summed E-state index contributed by atoms with van der Waals surface area (Å²) in [7, 11) is 0. The highest BCUT2D eigenvalue weighted by Crippen LogP contribution is 2.18. The highest BCUT2D eigenvalue weighted by molar-refractivity contribution is 5.29. The van der Waals surface area contributed by atoms with E-state index in [4.69, 9.17) is 4.74 Å². The second-order valence-corrected chi connectivity index (χ2v) is 6.19. The third-order valence-corrected chi connectivity index (χ3v) is 3.74. The molecule has 3 nitrogen and oxygen atoms in total. The smallest absolute Gasteiger partial charge is 0.165 e. The number of nitrogens with zero attached hydrogens (tertiary/aromatic N) is 1. The predicted molar refractivity (Wildman–Crippen MR) is 84.1 cm³/mol. The van der Waals surface area contributed by atoms with Gasteiger partial charge in [0.15, 0.2) is 11.6 Å². The molecule has 1 N–H and O–H groups in total. The van der Waals surface area contributed by atoms with Crippen molar-refractivity contribution in [3.05, 3.63) is 29.6 Å². The number of likely N-dealkylation sites (tertiary alicyclic amines) is 1. The molecule has 1 aromatic carbocycles. The van der Waals surface area contributed by atoms with E-state index >= 15 is 0 Å². The Morgan fingerprint density at radius 2 is 2.05 bits per heavy atom. The van der Waals surface area contributed by atoms with Gasteiger partial charge < -0.3 is 10.1 Å². The zero-order chi connectivity index (χ0) is 15.1. The third kappa shape index (κ3) is 5.64. The molecule has 118 valence electrons. The fraction of sp³-hybridized carbons (Fsp3) is 0.647. The maximum Gasteiger partial charge on any atom is 0.165 e. The summed E-state index contributed by atoms with van der Waals surface area (Å²) in [6.07, 6.45) is 2.54. The number of halogens is 1. The molecule has 0 aromatic heterocycles. The Balaban J connectivity index is 1.75. The Morgan fingerprint density at radius 1 is 1.29 bits per heavy atom. The Hall–Kier alpha value is -1.13. The minimum absolute atomic E-state index is 0.264. The lowest BCUT2D eigenvalue weighted by Gasteiger charge is -2.15. The molecule has 2 rings (SSSR count). The fourth-order valence-electron chi connectivity index (χ4n) is 2.57. The summed E-state index contributed by atoms with van der Waals surface area (Å²) >= 11 is 0. The van der Waals surface area contributed by atoms with Crippen LogP contribution < -0.4 is 10.1 Å². The molecule has 21 heavy (non-hydrogen) atoms. The largest absolute Gasteiger partial charge is 0.489 e. The fourth-order valence-corrected chi connectivity index (χ4v) is 2.57. The van der Waals surface area contributed by atoms with E-state index in [9.17, 15) is 4.39 Å². The predicted octanol–water partition coefficient (Wildman–Crippen LogP) is 3.05. The van der Waals surface area contributed by atoms with Crippen LogP contribution in [0.1, 0.15) is 32.3 Å². The van der Waals surface area contributed by atoms with Gasteiger partial charge in [-0.2, -0.15) is 0 Å². The van der Waals surface area contributed by atoms with Crippen molar-refractivity contribution < 1.29 is 9.13 Å². The van der Waals surface area contributed by atoms with E-state index in [1.807, 2.05) is 6.07 Å². The first-order valence-corrected chi connectivity index (χ1v) is 7.99. The van der Waals surface area contributed by atoms with Gasteiger partial charge in [-0.15, -0.1) is 0 Å². The van der Waals surface area contributed by atoms with Crippen LogP contribution in [-0.4, -0.2) is 37.7 Å². The van der Waals surface area contributed by atoms with Crippen LogP contribution in [0.25, 0.3) is 0 Å². The quantitative estimate of drug-likeness (QED) is 0.797. The second-order valence-electron chi connectivity index (χ2n) is 6.19. The molecule has 0 atom stereocenters. The highest BCUT2D eigenvalue weighted by atomic mass is 19.1. The first-order chi connectivity index (χ1) is 10.1. The molecule has 1 heterocycles. The Morgan fingerprint density at radius 3 is 2.71 bits per heavy atom. The van der Waals surface area contributed by atoms with Crippen molar-refractivity contribution in [1.82, 2.24) is 10.2 Å². The van der Waals surface area contributed by atoms with Gasteiger partial charge in [0, 0.05) is 13.1 Å². The van der Waals surface area contributed by atoms with E-state index in [0.29, 0.717) is 24.8 Å². The Labute approximate surface area is 127 Å². The molecule has 0 aliphatic carbocycles. The number of ether oxygens (including phenoxy) is 1. The summed E-state index contributed by atoms with van der Waals surface area (Å²) in [6.45, 7) is 9.69. The molecule has 1 saturated heterocycles. The zero-order valence-corrected chi connectivity index (χ0v) is 13.2. The zero-order valence-electron chi connectivity index (χ0n) is 13.2. The number of benzene rings is 1. The molecule has 0 spiro atoms. The van der Waals surface area contributed by atoms with Gasteiger partial charge in [0.05, 0.1) is 0 Å². The van der Waals surface area contributed by atoms with E-state index in [1.54, 1.807) is 12.1 Å². The standard InChI is InChI=1S/C17H27FN2O/c1-14(2)12-19-13-15-5-6-17(16(18)11-15)21-10-9-20-7-3-4-8-20/h5-6,11,14,19H,3-4,7-10,12-13H2,1-2H3. The number of rotatable bonds is 8. The summed E-state index contributed by atoms with van der Waals surface area (Å²) in [5, 5.41) is 3.31. The van der Waals surface area contributed by atoms with E-state index in [0.717, 1.165) is 31.7 Å². The maximum atomic E-state index is 14.0. The molecular formula is C17H27FN2O. The van der Waals surface area contributed by atoms with Gasteiger partial charge in [0.25, 0.3) is 0 Å². The molecule has 0 saturated carbocycles. The maximum absolute atomic E-state index is 14.0. The lowest BCUT2D eigenvalue weighted by Crippen LogP contribution is -2.25. The number of nitrogens with one attached hydrogen (secondary N) is 1. The first-order valence-electron chi connectivity index (χ1n) is 7.99. The molecule has 0 bridgehead atoms. The number of hydrogen-bond donors (Lipinski definition) is 1. The topological polar surface area (TPSA) is 24.5 Å². The molecule has 1 aromatic rings. The average molecular weight is 294 g/mol. The summed E-state index contributed by atoms with van der Waals surface area (Å²) in [5.41, 5.74) is 0.958. The van der Waals surface area contributed by atoms with Crippen molar-refractivity contribution in [2.75, 3.05) is 32.8 Å².